The minimum atomic E-state index is -0.306. The quantitative estimate of drug-likeness (QED) is 0.616. The van der Waals surface area contributed by atoms with Crippen LogP contribution in [0.15, 0.2) is 39.9 Å². The molecule has 0 saturated carbocycles. The molecule has 0 aliphatic carbocycles. The summed E-state index contributed by atoms with van der Waals surface area (Å²) in [5.41, 5.74) is 1.45. The van der Waals surface area contributed by atoms with E-state index in [-0.39, 0.29) is 11.2 Å². The molecule has 164 valence electrons. The van der Waals surface area contributed by atoms with Crippen molar-refractivity contribution >= 4 is 22.8 Å². The lowest BCUT2D eigenvalue weighted by Crippen LogP contribution is -3.14. The fourth-order valence-electron chi connectivity index (χ4n) is 4.71. The summed E-state index contributed by atoms with van der Waals surface area (Å²) in [6.07, 6.45) is 0. The van der Waals surface area contributed by atoms with Crippen molar-refractivity contribution in [2.45, 2.75) is 20.0 Å². The lowest BCUT2D eigenvalue weighted by molar-refractivity contribution is -0.908. The summed E-state index contributed by atoms with van der Waals surface area (Å²) in [5.74, 6) is 1.07. The van der Waals surface area contributed by atoms with Crippen LogP contribution in [-0.2, 0) is 24.9 Å². The Bertz CT molecular complexity index is 1210. The van der Waals surface area contributed by atoms with Gasteiger partial charge in [-0.25, -0.2) is 4.79 Å². The highest BCUT2D eigenvalue weighted by molar-refractivity contribution is 5.77. The number of para-hydroxylation sites is 1. The van der Waals surface area contributed by atoms with Gasteiger partial charge in [0.15, 0.2) is 11.2 Å². The number of nitrogens with zero attached hydrogens (tertiary/aromatic N) is 5. The monoisotopic (exact) mass is 425 g/mol. The van der Waals surface area contributed by atoms with Gasteiger partial charge in [-0.15, -0.1) is 0 Å². The fraction of sp³-hybridized carbons (Fsp3) is 0.500. The summed E-state index contributed by atoms with van der Waals surface area (Å²) in [4.78, 5) is 34.8. The van der Waals surface area contributed by atoms with Crippen LogP contribution in [0, 0.1) is 5.92 Å². The van der Waals surface area contributed by atoms with Crippen molar-refractivity contribution in [1.82, 2.24) is 18.7 Å². The van der Waals surface area contributed by atoms with Crippen LogP contribution < -0.4 is 21.0 Å². The average Bonchev–Trinajstić information content (AvgIpc) is 3.18. The minimum absolute atomic E-state index is 0.244. The van der Waals surface area contributed by atoms with Crippen molar-refractivity contribution < 1.29 is 9.64 Å². The number of hydrogen-bond acceptors (Lipinski definition) is 5. The van der Waals surface area contributed by atoms with E-state index in [4.69, 9.17) is 9.72 Å². The van der Waals surface area contributed by atoms with Crippen LogP contribution in [0.1, 0.15) is 6.92 Å². The van der Waals surface area contributed by atoms with Gasteiger partial charge in [0, 0.05) is 25.8 Å². The van der Waals surface area contributed by atoms with Crippen molar-refractivity contribution in [2.24, 2.45) is 13.0 Å². The second-order valence-electron chi connectivity index (χ2n) is 8.66. The SMILES string of the molecule is C[C@H]1CN(c2ccccc2)c2nc3c(c(=O)n(CC[NH+]4CCOCC4)c(=O)n3C)n2C1. The lowest BCUT2D eigenvalue weighted by Gasteiger charge is -2.32. The van der Waals surface area contributed by atoms with Gasteiger partial charge >= 0.3 is 5.69 Å². The number of rotatable bonds is 4. The van der Waals surface area contributed by atoms with Gasteiger partial charge in [0.25, 0.3) is 5.56 Å². The number of ether oxygens (including phenoxy) is 1. The van der Waals surface area contributed by atoms with Gasteiger partial charge in [0.2, 0.25) is 5.95 Å². The van der Waals surface area contributed by atoms with Crippen LogP contribution in [0.4, 0.5) is 11.6 Å². The maximum Gasteiger partial charge on any atom is 0.332 e. The summed E-state index contributed by atoms with van der Waals surface area (Å²) in [6.45, 7) is 8.09. The molecule has 1 fully saturated rings. The molecule has 0 radical (unpaired) electrons. The molecule has 1 atom stereocenters. The predicted molar refractivity (Wildman–Crippen MR) is 118 cm³/mol. The first kappa shape index (κ1) is 20.0. The summed E-state index contributed by atoms with van der Waals surface area (Å²) in [7, 11) is 1.71. The van der Waals surface area contributed by atoms with Crippen LogP contribution in [-0.4, -0.2) is 58.1 Å². The Morgan fingerprint density at radius 3 is 2.61 bits per heavy atom. The highest BCUT2D eigenvalue weighted by Gasteiger charge is 2.30. The van der Waals surface area contributed by atoms with E-state index in [0.717, 1.165) is 51.0 Å². The van der Waals surface area contributed by atoms with Crippen molar-refractivity contribution in [3.63, 3.8) is 0 Å². The number of hydrogen-bond donors (Lipinski definition) is 1. The molecule has 31 heavy (non-hydrogen) atoms. The molecule has 0 spiro atoms. The molecular weight excluding hydrogens is 396 g/mol. The van der Waals surface area contributed by atoms with Crippen LogP contribution in [0.3, 0.4) is 0 Å². The second-order valence-corrected chi connectivity index (χ2v) is 8.66. The fourth-order valence-corrected chi connectivity index (χ4v) is 4.71. The van der Waals surface area contributed by atoms with Crippen molar-refractivity contribution in [3.05, 3.63) is 51.2 Å². The number of benzene rings is 1. The number of fused-ring (bicyclic) bond motifs is 3. The van der Waals surface area contributed by atoms with E-state index in [9.17, 15) is 9.59 Å². The molecule has 0 bridgehead atoms. The Hall–Kier alpha value is -2.91. The van der Waals surface area contributed by atoms with E-state index in [1.807, 2.05) is 34.9 Å². The predicted octanol–water partition coefficient (Wildman–Crippen LogP) is -0.400. The third kappa shape index (κ3) is 3.47. The molecule has 1 N–H and O–H groups in total. The number of aryl methyl sites for hydroxylation is 1. The molecule has 0 unspecified atom stereocenters. The van der Waals surface area contributed by atoms with E-state index >= 15 is 0 Å². The smallest absolute Gasteiger partial charge is 0.332 e. The number of morpholine rings is 1. The highest BCUT2D eigenvalue weighted by atomic mass is 16.5. The molecule has 2 aliphatic rings. The molecule has 2 aromatic heterocycles. The third-order valence-corrected chi connectivity index (χ3v) is 6.40. The normalized spacial score (nSPS) is 19.7. The Kier molecular flexibility index (Phi) is 5.15. The van der Waals surface area contributed by atoms with Crippen LogP contribution in [0.25, 0.3) is 11.2 Å². The van der Waals surface area contributed by atoms with E-state index in [1.165, 1.54) is 14.0 Å². The first-order valence-electron chi connectivity index (χ1n) is 11.0. The zero-order valence-corrected chi connectivity index (χ0v) is 18.1. The lowest BCUT2D eigenvalue weighted by atomic mass is 10.1. The third-order valence-electron chi connectivity index (χ3n) is 6.40. The van der Waals surface area contributed by atoms with Crippen molar-refractivity contribution in [2.75, 3.05) is 44.3 Å². The van der Waals surface area contributed by atoms with E-state index in [1.54, 1.807) is 7.05 Å². The molecule has 9 heteroatoms. The van der Waals surface area contributed by atoms with E-state index in [0.29, 0.717) is 30.2 Å². The molecule has 1 saturated heterocycles. The van der Waals surface area contributed by atoms with Gasteiger partial charge in [-0.1, -0.05) is 25.1 Å². The first-order chi connectivity index (χ1) is 15.0. The maximum atomic E-state index is 13.5. The van der Waals surface area contributed by atoms with E-state index in [2.05, 4.69) is 11.8 Å². The van der Waals surface area contributed by atoms with E-state index < -0.39 is 0 Å². The number of anilines is 2. The Morgan fingerprint density at radius 2 is 1.87 bits per heavy atom. The highest BCUT2D eigenvalue weighted by Crippen LogP contribution is 2.32. The molecule has 4 heterocycles. The average molecular weight is 426 g/mol. The Balaban J connectivity index is 1.61. The molecule has 5 rings (SSSR count). The van der Waals surface area contributed by atoms with Gasteiger partial charge in [0.1, 0.15) is 13.1 Å². The zero-order chi connectivity index (χ0) is 21.5. The summed E-state index contributed by atoms with van der Waals surface area (Å²) in [6, 6.07) is 10.1. The Labute approximate surface area is 180 Å². The topological polar surface area (TPSA) is 78.7 Å². The molecule has 1 aromatic carbocycles. The molecule has 2 aliphatic heterocycles. The van der Waals surface area contributed by atoms with Crippen LogP contribution in [0.5, 0.6) is 0 Å². The van der Waals surface area contributed by atoms with Crippen molar-refractivity contribution in [1.29, 1.82) is 0 Å². The van der Waals surface area contributed by atoms with Gasteiger partial charge in [0.05, 0.1) is 26.3 Å². The zero-order valence-electron chi connectivity index (χ0n) is 18.1. The van der Waals surface area contributed by atoms with Gasteiger partial charge in [-0.2, -0.15) is 4.98 Å². The largest absolute Gasteiger partial charge is 0.370 e. The van der Waals surface area contributed by atoms with Gasteiger partial charge in [-0.05, 0) is 18.1 Å². The summed E-state index contributed by atoms with van der Waals surface area (Å²) in [5, 5.41) is 0. The van der Waals surface area contributed by atoms with Crippen molar-refractivity contribution in [3.8, 4) is 0 Å². The Morgan fingerprint density at radius 1 is 1.13 bits per heavy atom. The molecular formula is C22H29N6O3+. The summed E-state index contributed by atoms with van der Waals surface area (Å²) >= 11 is 0. The van der Waals surface area contributed by atoms with Crippen LogP contribution in [0.2, 0.25) is 0 Å². The molecule has 3 aromatic rings. The molecule has 9 nitrogen and oxygen atoms in total. The number of nitrogens with one attached hydrogen (secondary N) is 1. The number of imidazole rings is 1. The van der Waals surface area contributed by atoms with Crippen LogP contribution >= 0.6 is 0 Å². The maximum absolute atomic E-state index is 13.5. The minimum Gasteiger partial charge on any atom is -0.370 e. The van der Waals surface area contributed by atoms with Gasteiger partial charge in [-0.3, -0.25) is 13.9 Å². The summed E-state index contributed by atoms with van der Waals surface area (Å²) < 4.78 is 10.3. The first-order valence-corrected chi connectivity index (χ1v) is 11.0. The number of quaternary nitrogens is 1. The standard InChI is InChI=1S/C22H28N6O3/c1-16-14-27(17-6-4-3-5-7-17)21-23-19-18(28(21)15-16)20(29)26(22(30)24(19)2)9-8-25-10-12-31-13-11-25/h3-7,16H,8-15H2,1-2H3/p+1/t16-/m0/s1. The second kappa shape index (κ2) is 7.97. The van der Waals surface area contributed by atoms with Gasteiger partial charge < -0.3 is 19.1 Å². The molecule has 0 amide bonds. The number of aromatic nitrogens is 4.